The Labute approximate surface area is 186 Å². The SMILES string of the molecule is CC(C)(C)OC(=O)N1CCN(CCOc2ccc(C=NN=C3NC(=O)CS3)cc2)CC1. The Morgan fingerprint density at radius 1 is 1.19 bits per heavy atom. The van der Waals surface area contributed by atoms with Crippen molar-refractivity contribution >= 4 is 35.1 Å². The van der Waals surface area contributed by atoms with Gasteiger partial charge in [0.1, 0.15) is 18.0 Å². The monoisotopic (exact) mass is 447 g/mol. The molecule has 2 amide bonds. The molecule has 0 spiro atoms. The Hall–Kier alpha value is -2.59. The molecule has 1 aromatic carbocycles. The van der Waals surface area contributed by atoms with Gasteiger partial charge in [0.2, 0.25) is 5.91 Å². The zero-order valence-electron chi connectivity index (χ0n) is 18.2. The minimum Gasteiger partial charge on any atom is -0.492 e. The van der Waals surface area contributed by atoms with Crippen molar-refractivity contribution in [3.05, 3.63) is 29.8 Å². The summed E-state index contributed by atoms with van der Waals surface area (Å²) in [7, 11) is 0. The van der Waals surface area contributed by atoms with E-state index in [9.17, 15) is 9.59 Å². The van der Waals surface area contributed by atoms with Gasteiger partial charge in [-0.05, 0) is 50.6 Å². The minimum absolute atomic E-state index is 0.0506. The molecule has 0 unspecified atom stereocenters. The van der Waals surface area contributed by atoms with Gasteiger partial charge in [-0.3, -0.25) is 9.69 Å². The third-order valence-electron chi connectivity index (χ3n) is 4.52. The Morgan fingerprint density at radius 2 is 1.90 bits per heavy atom. The maximum absolute atomic E-state index is 12.1. The Morgan fingerprint density at radius 3 is 2.52 bits per heavy atom. The molecule has 2 aliphatic heterocycles. The summed E-state index contributed by atoms with van der Waals surface area (Å²) < 4.78 is 11.3. The normalized spacial score (nSPS) is 19.1. The summed E-state index contributed by atoms with van der Waals surface area (Å²) >= 11 is 1.34. The summed E-state index contributed by atoms with van der Waals surface area (Å²) in [5.74, 6) is 1.12. The van der Waals surface area contributed by atoms with Crippen molar-refractivity contribution in [2.24, 2.45) is 10.2 Å². The van der Waals surface area contributed by atoms with Crippen LogP contribution in [0.3, 0.4) is 0 Å². The number of hydrogen-bond acceptors (Lipinski definition) is 8. The van der Waals surface area contributed by atoms with E-state index < -0.39 is 5.60 Å². The number of amidine groups is 1. The van der Waals surface area contributed by atoms with Crippen LogP contribution in [0.4, 0.5) is 4.79 Å². The molecule has 2 fully saturated rings. The van der Waals surface area contributed by atoms with Crippen LogP contribution in [0.25, 0.3) is 0 Å². The largest absolute Gasteiger partial charge is 0.492 e. The topological polar surface area (TPSA) is 95.8 Å². The first-order valence-electron chi connectivity index (χ1n) is 10.3. The number of hydrogen-bond donors (Lipinski definition) is 1. The molecule has 31 heavy (non-hydrogen) atoms. The van der Waals surface area contributed by atoms with Crippen LogP contribution in [-0.4, -0.2) is 83.9 Å². The lowest BCUT2D eigenvalue weighted by Crippen LogP contribution is -2.50. The van der Waals surface area contributed by atoms with E-state index in [0.717, 1.165) is 30.9 Å². The van der Waals surface area contributed by atoms with E-state index in [1.807, 2.05) is 45.0 Å². The maximum Gasteiger partial charge on any atom is 0.410 e. The average Bonchev–Trinajstić information content (AvgIpc) is 3.13. The second-order valence-electron chi connectivity index (χ2n) is 8.21. The van der Waals surface area contributed by atoms with Gasteiger partial charge in [0, 0.05) is 32.7 Å². The van der Waals surface area contributed by atoms with Crippen molar-refractivity contribution in [3.8, 4) is 5.75 Å². The molecule has 2 saturated heterocycles. The van der Waals surface area contributed by atoms with E-state index in [4.69, 9.17) is 9.47 Å². The zero-order chi connectivity index (χ0) is 22.3. The van der Waals surface area contributed by atoms with Gasteiger partial charge >= 0.3 is 6.09 Å². The maximum atomic E-state index is 12.1. The van der Waals surface area contributed by atoms with Gasteiger partial charge in [-0.15, -0.1) is 5.10 Å². The van der Waals surface area contributed by atoms with Crippen molar-refractivity contribution in [1.82, 2.24) is 15.1 Å². The van der Waals surface area contributed by atoms with Gasteiger partial charge in [-0.2, -0.15) is 5.10 Å². The molecule has 10 heteroatoms. The quantitative estimate of drug-likeness (QED) is 0.530. The van der Waals surface area contributed by atoms with E-state index in [2.05, 4.69) is 20.4 Å². The smallest absolute Gasteiger partial charge is 0.410 e. The van der Waals surface area contributed by atoms with Crippen molar-refractivity contribution in [1.29, 1.82) is 0 Å². The van der Waals surface area contributed by atoms with Gasteiger partial charge in [0.25, 0.3) is 0 Å². The fourth-order valence-electron chi connectivity index (χ4n) is 2.95. The second-order valence-corrected chi connectivity index (χ2v) is 9.18. The summed E-state index contributed by atoms with van der Waals surface area (Å²) in [6.07, 6.45) is 1.39. The zero-order valence-corrected chi connectivity index (χ0v) is 19.0. The number of carbonyl (C=O) groups excluding carboxylic acids is 2. The number of piperazine rings is 1. The second kappa shape index (κ2) is 10.6. The number of thioether (sulfide) groups is 1. The van der Waals surface area contributed by atoms with Crippen molar-refractivity contribution in [3.63, 3.8) is 0 Å². The predicted molar refractivity (Wildman–Crippen MR) is 122 cm³/mol. The number of amides is 2. The lowest BCUT2D eigenvalue weighted by Gasteiger charge is -2.35. The molecule has 1 aromatic rings. The number of carbonyl (C=O) groups is 2. The highest BCUT2D eigenvalue weighted by atomic mass is 32.2. The van der Waals surface area contributed by atoms with E-state index >= 15 is 0 Å². The Kier molecular flexibility index (Phi) is 7.91. The molecule has 2 aliphatic rings. The van der Waals surface area contributed by atoms with Gasteiger partial charge in [0.05, 0.1) is 12.0 Å². The van der Waals surface area contributed by atoms with E-state index in [-0.39, 0.29) is 12.0 Å². The molecule has 0 radical (unpaired) electrons. The van der Waals surface area contributed by atoms with Crippen molar-refractivity contribution < 1.29 is 19.1 Å². The van der Waals surface area contributed by atoms with Crippen LogP contribution >= 0.6 is 11.8 Å². The molecule has 3 rings (SSSR count). The first kappa shape index (κ1) is 23.1. The molecule has 0 saturated carbocycles. The van der Waals surface area contributed by atoms with E-state index in [1.165, 1.54) is 11.8 Å². The van der Waals surface area contributed by atoms with E-state index in [0.29, 0.717) is 30.6 Å². The van der Waals surface area contributed by atoms with Crippen LogP contribution in [0, 0.1) is 0 Å². The summed E-state index contributed by atoms with van der Waals surface area (Å²) in [6, 6.07) is 7.58. The standard InChI is InChI=1S/C21H29N5O4S/c1-21(2,3)30-20(28)26-10-8-25(9-11-26)12-13-29-17-6-4-16(5-7-17)14-22-24-19-23-18(27)15-31-19/h4-7,14H,8-13,15H2,1-3H3,(H,23,24,27). The minimum atomic E-state index is -0.468. The number of ether oxygens (including phenoxy) is 2. The predicted octanol–water partition coefficient (Wildman–Crippen LogP) is 2.17. The molecule has 0 aliphatic carbocycles. The van der Waals surface area contributed by atoms with Crippen molar-refractivity contribution in [2.75, 3.05) is 45.1 Å². The molecular formula is C21H29N5O4S. The molecule has 0 aromatic heterocycles. The van der Waals surface area contributed by atoms with Gasteiger partial charge in [0.15, 0.2) is 5.17 Å². The highest BCUT2D eigenvalue weighted by Crippen LogP contribution is 2.14. The molecule has 0 bridgehead atoms. The average molecular weight is 448 g/mol. The Bertz CT molecular complexity index is 827. The number of benzene rings is 1. The molecular weight excluding hydrogens is 418 g/mol. The molecule has 1 N–H and O–H groups in total. The Balaban J connectivity index is 1.35. The third kappa shape index (κ3) is 7.87. The van der Waals surface area contributed by atoms with Crippen LogP contribution in [0.5, 0.6) is 5.75 Å². The fourth-order valence-corrected chi connectivity index (χ4v) is 3.58. The van der Waals surface area contributed by atoms with Gasteiger partial charge < -0.3 is 19.7 Å². The highest BCUT2D eigenvalue weighted by Gasteiger charge is 2.25. The lowest BCUT2D eigenvalue weighted by molar-refractivity contribution is -0.116. The molecule has 9 nitrogen and oxygen atoms in total. The number of nitrogens with one attached hydrogen (secondary N) is 1. The van der Waals surface area contributed by atoms with Crippen molar-refractivity contribution in [2.45, 2.75) is 26.4 Å². The van der Waals surface area contributed by atoms with Gasteiger partial charge in [-0.1, -0.05) is 11.8 Å². The van der Waals surface area contributed by atoms with Crippen LogP contribution in [0.1, 0.15) is 26.3 Å². The number of nitrogens with zero attached hydrogens (tertiary/aromatic N) is 4. The third-order valence-corrected chi connectivity index (χ3v) is 5.39. The van der Waals surface area contributed by atoms with Gasteiger partial charge in [-0.25, -0.2) is 4.79 Å². The first-order chi connectivity index (χ1) is 14.8. The summed E-state index contributed by atoms with van der Waals surface area (Å²) in [5, 5.41) is 11.1. The lowest BCUT2D eigenvalue weighted by atomic mass is 10.2. The molecule has 2 heterocycles. The number of rotatable bonds is 6. The summed E-state index contributed by atoms with van der Waals surface area (Å²) in [4.78, 5) is 27.3. The molecule has 0 atom stereocenters. The summed E-state index contributed by atoms with van der Waals surface area (Å²) in [6.45, 7) is 9.94. The highest BCUT2D eigenvalue weighted by molar-refractivity contribution is 8.15. The van der Waals surface area contributed by atoms with E-state index in [1.54, 1.807) is 11.1 Å². The van der Waals surface area contributed by atoms with Crippen LogP contribution < -0.4 is 10.1 Å². The van der Waals surface area contributed by atoms with Crippen LogP contribution in [0.2, 0.25) is 0 Å². The van der Waals surface area contributed by atoms with Crippen LogP contribution in [-0.2, 0) is 9.53 Å². The molecule has 168 valence electrons. The van der Waals surface area contributed by atoms with Crippen LogP contribution in [0.15, 0.2) is 34.5 Å². The fraction of sp³-hybridized carbons (Fsp3) is 0.524. The first-order valence-corrected chi connectivity index (χ1v) is 11.2. The summed E-state index contributed by atoms with van der Waals surface area (Å²) in [5.41, 5.74) is 0.424.